The van der Waals surface area contributed by atoms with Crippen molar-refractivity contribution in [1.29, 1.82) is 0 Å². The van der Waals surface area contributed by atoms with Crippen LogP contribution < -0.4 is 21.2 Å². The van der Waals surface area contributed by atoms with Crippen LogP contribution in [0.1, 0.15) is 10.4 Å². The normalized spacial score (nSPS) is 11.4. The summed E-state index contributed by atoms with van der Waals surface area (Å²) in [7, 11) is -3.01. The molecule has 1 nitrogen and oxygen atoms in total. The van der Waals surface area contributed by atoms with E-state index in [0.29, 0.717) is 21.8 Å². The fourth-order valence-corrected chi connectivity index (χ4v) is 14.4. The maximum absolute atomic E-state index is 14.1. The number of Topliss-reactive ketones (excluding diaryl/α,β-unsaturated/α-hetero) is 1. The van der Waals surface area contributed by atoms with Crippen molar-refractivity contribution in [3.8, 4) is 0 Å². The van der Waals surface area contributed by atoms with E-state index in [1.54, 1.807) is 18.2 Å². The number of ketones is 1. The highest BCUT2D eigenvalue weighted by atomic mass is 35.5. The van der Waals surface area contributed by atoms with Crippen molar-refractivity contribution in [3.05, 3.63) is 155 Å². The molecule has 0 unspecified atom stereocenters. The molecule has 0 saturated carbocycles. The van der Waals surface area contributed by atoms with E-state index in [1.165, 1.54) is 21.2 Å². The van der Waals surface area contributed by atoms with Gasteiger partial charge in [0.05, 0.1) is 18.2 Å². The minimum absolute atomic E-state index is 0.0452. The number of carbonyl (C=O) groups excluding carboxylic acids is 1. The van der Waals surface area contributed by atoms with E-state index >= 15 is 0 Å². The Morgan fingerprint density at radius 3 is 1.50 bits per heavy atom. The van der Waals surface area contributed by atoms with Crippen LogP contribution >= 0.6 is 38.4 Å². The molecule has 5 heteroatoms. The van der Waals surface area contributed by atoms with Gasteiger partial charge in [0.25, 0.3) is 0 Å². The summed E-state index contributed by atoms with van der Waals surface area (Å²) in [6, 6.07) is 47.8. The monoisotopic (exact) mass is 571 g/mol. The third kappa shape index (κ3) is 5.93. The number of carbonyl (C=O) groups is 1. The molecule has 0 amide bonds. The summed E-state index contributed by atoms with van der Waals surface area (Å²) >= 11 is 12.7. The first-order valence-corrected chi connectivity index (χ1v) is 16.9. The van der Waals surface area contributed by atoms with Crippen LogP contribution in [0.25, 0.3) is 0 Å². The molecule has 0 aliphatic carbocycles. The molecule has 0 bridgehead atoms. The fourth-order valence-electron chi connectivity index (χ4n) is 4.79. The fraction of sp³-hybridized carbons (Fsp3) is 0.0606. The molecule has 0 aliphatic rings. The number of benzene rings is 5. The van der Waals surface area contributed by atoms with Gasteiger partial charge in [0, 0.05) is 10.6 Å². The van der Waals surface area contributed by atoms with Crippen LogP contribution in [0.5, 0.6) is 0 Å². The first-order chi connectivity index (χ1) is 18.6. The van der Waals surface area contributed by atoms with Gasteiger partial charge in [-0.2, -0.15) is 0 Å². The maximum Gasteiger partial charge on any atom is 0.202 e. The minimum atomic E-state index is -2.25. The van der Waals surface area contributed by atoms with Gasteiger partial charge in [-0.05, 0) is 61.0 Å². The van der Waals surface area contributed by atoms with Crippen molar-refractivity contribution >= 4 is 65.4 Å². The summed E-state index contributed by atoms with van der Waals surface area (Å²) in [6.45, 7) is 0. The lowest BCUT2D eigenvalue weighted by Gasteiger charge is -2.31. The van der Waals surface area contributed by atoms with Crippen molar-refractivity contribution in [1.82, 2.24) is 0 Å². The molecule has 0 saturated heterocycles. The highest BCUT2D eigenvalue weighted by Gasteiger charge is 2.47. The van der Waals surface area contributed by atoms with Gasteiger partial charge in [0.15, 0.2) is 0 Å². The van der Waals surface area contributed by atoms with Crippen LogP contribution in [-0.2, 0) is 0 Å². The lowest BCUT2D eigenvalue weighted by Crippen LogP contribution is -2.32. The Morgan fingerprint density at radius 2 is 1.05 bits per heavy atom. The summed E-state index contributed by atoms with van der Waals surface area (Å²) in [4.78, 5) is 14.1. The van der Waals surface area contributed by atoms with Crippen LogP contribution in [0.4, 0.5) is 0 Å². The third-order valence-corrected chi connectivity index (χ3v) is 15.5. The first-order valence-electron chi connectivity index (χ1n) is 12.4. The van der Waals surface area contributed by atoms with Crippen LogP contribution in [0.15, 0.2) is 140 Å². The number of hydrogen-bond acceptors (Lipinski definition) is 1. The first kappa shape index (κ1) is 26.8. The molecule has 0 fully saturated rings. The predicted molar refractivity (Wildman–Crippen MR) is 169 cm³/mol. The van der Waals surface area contributed by atoms with Crippen molar-refractivity contribution in [2.45, 2.75) is 0 Å². The Bertz CT molecular complexity index is 1420. The number of rotatable bonds is 9. The largest absolute Gasteiger partial charge is 0.290 e. The highest BCUT2D eigenvalue weighted by Crippen LogP contribution is 2.64. The molecule has 0 radical (unpaired) electrons. The van der Waals surface area contributed by atoms with Crippen LogP contribution in [-0.4, -0.2) is 17.8 Å². The highest BCUT2D eigenvalue weighted by molar-refractivity contribution is 7.99. The third-order valence-electron chi connectivity index (χ3n) is 6.66. The summed E-state index contributed by atoms with van der Waals surface area (Å²) in [6.07, 6.45) is 0.390. The zero-order valence-electron chi connectivity index (χ0n) is 20.8. The smallest absolute Gasteiger partial charge is 0.202 e. The molecule has 0 heterocycles. The van der Waals surface area contributed by atoms with Gasteiger partial charge in [0.2, 0.25) is 5.78 Å². The van der Waals surface area contributed by atoms with Gasteiger partial charge in [-0.1, -0.05) is 120 Å². The predicted octanol–water partition coefficient (Wildman–Crippen LogP) is 7.94. The van der Waals surface area contributed by atoms with Crippen molar-refractivity contribution in [2.75, 3.05) is 12.1 Å². The van der Waals surface area contributed by atoms with Gasteiger partial charge >= 0.3 is 0 Å². The molecular weight excluding hydrogens is 545 g/mol. The Labute approximate surface area is 236 Å². The average Bonchev–Trinajstić information content (AvgIpc) is 2.97. The Hall–Kier alpha value is -2.79. The molecule has 5 aromatic carbocycles. The van der Waals surface area contributed by atoms with Crippen molar-refractivity contribution in [3.63, 3.8) is 0 Å². The summed E-state index contributed by atoms with van der Waals surface area (Å²) in [5.74, 6) is 0.921. The Kier molecular flexibility index (Phi) is 8.73. The molecule has 5 rings (SSSR count). The summed E-state index contributed by atoms with van der Waals surface area (Å²) < 4.78 is 0. The SMILES string of the molecule is O=C(C[P+](CP(c1ccccc1)c1ccccc1)(c1ccccc1)c1ccccc1)c1ccc(Cl)cc1Cl. The topological polar surface area (TPSA) is 17.1 Å². The number of hydrogen-bond donors (Lipinski definition) is 0. The van der Waals surface area contributed by atoms with Crippen LogP contribution in [0.2, 0.25) is 10.0 Å². The number of halogens is 2. The lowest BCUT2D eigenvalue weighted by atomic mass is 10.1. The van der Waals surface area contributed by atoms with Crippen LogP contribution in [0, 0.1) is 0 Å². The van der Waals surface area contributed by atoms with Gasteiger partial charge in [-0.3, -0.25) is 4.79 Å². The Balaban J connectivity index is 1.71. The lowest BCUT2D eigenvalue weighted by molar-refractivity contribution is 0.102. The Morgan fingerprint density at radius 1 is 0.605 bits per heavy atom. The van der Waals surface area contributed by atoms with E-state index in [0.717, 1.165) is 5.90 Å². The molecule has 188 valence electrons. The second-order valence-electron chi connectivity index (χ2n) is 9.08. The van der Waals surface area contributed by atoms with E-state index < -0.39 is 15.2 Å². The summed E-state index contributed by atoms with van der Waals surface area (Å²) in [5, 5.41) is 5.99. The molecule has 5 aromatic rings. The van der Waals surface area contributed by atoms with Crippen molar-refractivity contribution < 1.29 is 4.79 Å². The zero-order valence-corrected chi connectivity index (χ0v) is 24.1. The standard InChI is InChI=1S/C33H27Cl2OP2/c34-26-21-22-31(32(35)23-26)33(36)24-38(29-17-9-3-10-18-29,30-19-11-4-12-20-30)25-37(27-13-5-1-6-14-27)28-15-7-2-8-16-28/h1-23H,24-25H2/q+1. The van der Waals surface area contributed by atoms with Crippen LogP contribution in [0.3, 0.4) is 0 Å². The minimum Gasteiger partial charge on any atom is -0.290 e. The summed E-state index contributed by atoms with van der Waals surface area (Å²) in [5.41, 5.74) is 0.524. The quantitative estimate of drug-likeness (QED) is 0.130. The van der Waals surface area contributed by atoms with Gasteiger partial charge in [-0.15, -0.1) is 0 Å². The zero-order chi connectivity index (χ0) is 26.4. The molecule has 0 N–H and O–H groups in total. The molecule has 38 heavy (non-hydrogen) atoms. The van der Waals surface area contributed by atoms with E-state index in [9.17, 15) is 4.79 Å². The van der Waals surface area contributed by atoms with E-state index in [1.807, 2.05) is 12.1 Å². The molecule has 0 aliphatic heterocycles. The molecule has 0 aromatic heterocycles. The van der Waals surface area contributed by atoms with Gasteiger partial charge in [0.1, 0.15) is 16.8 Å². The van der Waals surface area contributed by atoms with E-state index in [-0.39, 0.29) is 5.78 Å². The molecule has 0 spiro atoms. The maximum atomic E-state index is 14.1. The van der Waals surface area contributed by atoms with E-state index in [2.05, 4.69) is 109 Å². The molecule has 0 atom stereocenters. The van der Waals surface area contributed by atoms with Gasteiger partial charge in [-0.25, -0.2) is 0 Å². The van der Waals surface area contributed by atoms with Gasteiger partial charge < -0.3 is 0 Å². The van der Waals surface area contributed by atoms with Crippen molar-refractivity contribution in [2.24, 2.45) is 0 Å². The van der Waals surface area contributed by atoms with E-state index in [4.69, 9.17) is 23.2 Å². The molecular formula is C33H27Cl2OP2+. The average molecular weight is 572 g/mol. The second-order valence-corrected chi connectivity index (χ2v) is 16.2. The second kappa shape index (κ2) is 12.4.